The summed E-state index contributed by atoms with van der Waals surface area (Å²) in [6.45, 7) is -0.0210. The molecule has 9 nitrogen and oxygen atoms in total. The van der Waals surface area contributed by atoms with Crippen molar-refractivity contribution in [2.45, 2.75) is 24.9 Å². The van der Waals surface area contributed by atoms with Gasteiger partial charge in [-0.3, -0.25) is 4.79 Å². The van der Waals surface area contributed by atoms with Gasteiger partial charge in [0.1, 0.15) is 12.6 Å². The number of fused-ring (bicyclic) bond motifs is 3. The zero-order chi connectivity index (χ0) is 24.1. The molecule has 2 aromatic carbocycles. The van der Waals surface area contributed by atoms with E-state index in [1.807, 2.05) is 48.5 Å². The summed E-state index contributed by atoms with van der Waals surface area (Å²) in [5.74, 6) is 0.561. The summed E-state index contributed by atoms with van der Waals surface area (Å²) >= 11 is 0. The normalized spacial score (nSPS) is 12.7. The van der Waals surface area contributed by atoms with E-state index in [-0.39, 0.29) is 36.9 Å². The number of nitrogens with one attached hydrogen (secondary N) is 2. The second-order valence-electron chi connectivity index (χ2n) is 7.63. The summed E-state index contributed by atoms with van der Waals surface area (Å²) in [6.07, 6.45) is 4.51. The Morgan fingerprint density at radius 3 is 2.35 bits per heavy atom. The number of benzene rings is 2. The molecule has 3 N–H and O–H groups in total. The predicted molar refractivity (Wildman–Crippen MR) is 121 cm³/mol. The molecule has 3 aromatic rings. The van der Waals surface area contributed by atoms with Gasteiger partial charge in [-0.05, 0) is 22.3 Å². The Morgan fingerprint density at radius 1 is 1.12 bits per heavy atom. The molecule has 1 unspecified atom stereocenters. The van der Waals surface area contributed by atoms with Crippen molar-refractivity contribution >= 4 is 18.0 Å². The summed E-state index contributed by atoms with van der Waals surface area (Å²) in [7, 11) is 0. The molecule has 0 bridgehead atoms. The maximum Gasteiger partial charge on any atom is 0.407 e. The molecule has 0 radical (unpaired) electrons. The molecule has 9 heteroatoms. The van der Waals surface area contributed by atoms with Crippen molar-refractivity contribution in [3.63, 3.8) is 0 Å². The fourth-order valence-electron chi connectivity index (χ4n) is 3.90. The molecule has 0 aliphatic heterocycles. The number of hydrogen-bond donors (Lipinski definition) is 3. The van der Waals surface area contributed by atoms with Crippen molar-refractivity contribution in [3.05, 3.63) is 77.2 Å². The number of carboxylic acids is 1. The maximum atomic E-state index is 12.5. The second kappa shape index (κ2) is 9.92. The van der Waals surface area contributed by atoms with Crippen molar-refractivity contribution in [3.8, 4) is 23.5 Å². The van der Waals surface area contributed by atoms with Gasteiger partial charge in [-0.1, -0.05) is 53.7 Å². The Hall–Kier alpha value is -4.58. The van der Waals surface area contributed by atoms with Crippen LogP contribution in [0.2, 0.25) is 0 Å². The van der Waals surface area contributed by atoms with Gasteiger partial charge in [0.2, 0.25) is 5.91 Å². The van der Waals surface area contributed by atoms with Gasteiger partial charge in [0.15, 0.2) is 11.5 Å². The lowest BCUT2D eigenvalue weighted by Gasteiger charge is -2.18. The van der Waals surface area contributed by atoms with Crippen molar-refractivity contribution in [1.29, 1.82) is 0 Å². The second-order valence-corrected chi connectivity index (χ2v) is 7.63. The standard InChI is InChI=1S/C25H21N3O6/c1-2-7-21(23(29)26-13-15-12-22(24(30)31)28-34-15)27-25(32)33-14-20-18-10-5-3-8-16(18)17-9-4-6-11-19(17)20/h1,3-6,8-12,20-21H,7,13-14H2,(H,26,29)(H,27,32)(H,30,31). The van der Waals surface area contributed by atoms with E-state index in [1.54, 1.807) is 0 Å². The first kappa shape index (κ1) is 22.6. The third-order valence-electron chi connectivity index (χ3n) is 5.49. The van der Waals surface area contributed by atoms with E-state index < -0.39 is 24.0 Å². The van der Waals surface area contributed by atoms with E-state index in [0.29, 0.717) is 0 Å². The van der Waals surface area contributed by atoms with Gasteiger partial charge in [-0.15, -0.1) is 12.3 Å². The van der Waals surface area contributed by atoms with E-state index in [4.69, 9.17) is 20.8 Å². The Balaban J connectivity index is 1.35. The van der Waals surface area contributed by atoms with Crippen LogP contribution in [-0.4, -0.2) is 40.9 Å². The van der Waals surface area contributed by atoms with Crippen molar-refractivity contribution < 1.29 is 28.8 Å². The number of amides is 2. The average Bonchev–Trinajstić information content (AvgIpc) is 3.44. The number of aromatic nitrogens is 1. The van der Waals surface area contributed by atoms with E-state index >= 15 is 0 Å². The minimum atomic E-state index is -1.25. The molecular formula is C25H21N3O6. The summed E-state index contributed by atoms with van der Waals surface area (Å²) in [5, 5.41) is 17.3. The molecule has 1 aliphatic carbocycles. The molecule has 0 spiro atoms. The number of nitrogens with zero attached hydrogens (tertiary/aromatic N) is 1. The van der Waals surface area contributed by atoms with Crippen LogP contribution >= 0.6 is 0 Å². The van der Waals surface area contributed by atoms with Crippen LogP contribution < -0.4 is 10.6 Å². The highest BCUT2D eigenvalue weighted by Crippen LogP contribution is 2.44. The highest BCUT2D eigenvalue weighted by molar-refractivity contribution is 5.86. The molecule has 1 aromatic heterocycles. The van der Waals surface area contributed by atoms with Crippen molar-refractivity contribution in [2.24, 2.45) is 0 Å². The largest absolute Gasteiger partial charge is 0.476 e. The molecule has 0 saturated heterocycles. The topological polar surface area (TPSA) is 131 Å². The van der Waals surface area contributed by atoms with Crippen molar-refractivity contribution in [1.82, 2.24) is 15.8 Å². The summed E-state index contributed by atoms with van der Waals surface area (Å²) in [4.78, 5) is 35.9. The van der Waals surface area contributed by atoms with Crippen LogP contribution in [0, 0.1) is 12.3 Å². The minimum absolute atomic E-state index is 0.0627. The van der Waals surface area contributed by atoms with Crippen LogP contribution in [-0.2, 0) is 16.1 Å². The highest BCUT2D eigenvalue weighted by Gasteiger charge is 2.29. The number of carbonyl (C=O) groups excluding carboxylic acids is 2. The third kappa shape index (κ3) is 4.76. The Labute approximate surface area is 195 Å². The number of rotatable bonds is 8. The zero-order valence-corrected chi connectivity index (χ0v) is 18.0. The van der Waals surface area contributed by atoms with Gasteiger partial charge in [0.05, 0.1) is 6.54 Å². The number of alkyl carbamates (subject to hydrolysis) is 1. The van der Waals surface area contributed by atoms with Crippen LogP contribution in [0.1, 0.15) is 39.7 Å². The molecule has 2 amide bonds. The first-order valence-electron chi connectivity index (χ1n) is 10.5. The van der Waals surface area contributed by atoms with E-state index in [9.17, 15) is 14.4 Å². The van der Waals surface area contributed by atoms with E-state index in [2.05, 4.69) is 21.7 Å². The number of carboxylic acid groups (broad SMARTS) is 1. The van der Waals surface area contributed by atoms with Crippen LogP contribution in [0.15, 0.2) is 59.1 Å². The Kier molecular flexibility index (Phi) is 6.59. The number of ether oxygens (including phenoxy) is 1. The van der Waals surface area contributed by atoms with Gasteiger partial charge in [-0.2, -0.15) is 0 Å². The zero-order valence-electron chi connectivity index (χ0n) is 18.0. The smallest absolute Gasteiger partial charge is 0.407 e. The highest BCUT2D eigenvalue weighted by atomic mass is 16.5. The number of hydrogen-bond acceptors (Lipinski definition) is 6. The quantitative estimate of drug-likeness (QED) is 0.442. The first-order valence-corrected chi connectivity index (χ1v) is 10.5. The molecule has 172 valence electrons. The predicted octanol–water partition coefficient (Wildman–Crippen LogP) is 2.92. The lowest BCUT2D eigenvalue weighted by atomic mass is 9.98. The lowest BCUT2D eigenvalue weighted by molar-refractivity contribution is -0.123. The van der Waals surface area contributed by atoms with Crippen LogP contribution in [0.25, 0.3) is 11.1 Å². The fraction of sp³-hybridized carbons (Fsp3) is 0.200. The fourth-order valence-corrected chi connectivity index (χ4v) is 3.90. The van der Waals surface area contributed by atoms with E-state index in [1.165, 1.54) is 6.07 Å². The van der Waals surface area contributed by atoms with Crippen molar-refractivity contribution in [2.75, 3.05) is 6.61 Å². The molecular weight excluding hydrogens is 438 g/mol. The van der Waals surface area contributed by atoms with E-state index in [0.717, 1.165) is 22.3 Å². The van der Waals surface area contributed by atoms with Gasteiger partial charge in [0.25, 0.3) is 0 Å². The summed E-state index contributed by atoms with van der Waals surface area (Å²) in [6, 6.07) is 16.1. The monoisotopic (exact) mass is 459 g/mol. The number of carbonyl (C=O) groups is 3. The first-order chi connectivity index (χ1) is 16.5. The van der Waals surface area contributed by atoms with Crippen LogP contribution in [0.4, 0.5) is 4.79 Å². The molecule has 0 fully saturated rings. The molecule has 1 atom stereocenters. The number of aromatic carboxylic acids is 1. The summed E-state index contributed by atoms with van der Waals surface area (Å²) in [5.41, 5.74) is 4.08. The number of terminal acetylenes is 1. The molecule has 1 aliphatic rings. The Morgan fingerprint density at radius 2 is 1.76 bits per heavy atom. The average molecular weight is 459 g/mol. The maximum absolute atomic E-state index is 12.5. The SMILES string of the molecule is C#CCC(NC(=O)OCC1c2ccccc2-c2ccccc21)C(=O)NCc1cc(C(=O)O)no1. The van der Waals surface area contributed by atoms with Crippen LogP contribution in [0.3, 0.4) is 0 Å². The van der Waals surface area contributed by atoms with Gasteiger partial charge >= 0.3 is 12.1 Å². The Bertz CT molecular complexity index is 1230. The lowest BCUT2D eigenvalue weighted by Crippen LogP contribution is -2.46. The van der Waals surface area contributed by atoms with Gasteiger partial charge in [0, 0.05) is 18.4 Å². The van der Waals surface area contributed by atoms with Gasteiger partial charge in [-0.25, -0.2) is 9.59 Å². The molecule has 34 heavy (non-hydrogen) atoms. The third-order valence-corrected chi connectivity index (χ3v) is 5.49. The summed E-state index contributed by atoms with van der Waals surface area (Å²) < 4.78 is 10.3. The van der Waals surface area contributed by atoms with Crippen LogP contribution in [0.5, 0.6) is 0 Å². The van der Waals surface area contributed by atoms with Gasteiger partial charge < -0.3 is 25.0 Å². The molecule has 1 heterocycles. The minimum Gasteiger partial charge on any atom is -0.476 e. The molecule has 0 saturated carbocycles. The molecule has 4 rings (SSSR count).